The second-order valence-electron chi connectivity index (χ2n) is 8.48. The number of ether oxygens (including phenoxy) is 2. The Bertz CT molecular complexity index is 778. The molecule has 1 N–H and O–H groups in total. The van der Waals surface area contributed by atoms with Crippen molar-refractivity contribution < 1.29 is 27.2 Å². The van der Waals surface area contributed by atoms with Crippen LogP contribution in [-0.2, 0) is 29.5 Å². The normalized spacial score (nSPS) is 18.1. The standard InChI is InChI=1S/C19H32N2O6S/c1-13(25-6)18(2,3)15-11-16(21-27-15)20-17(22)19(4,5)28(23,24)12-14-7-9-26-10-8-14/h11,13-14H,7-10,12H2,1-6H3,(H,20,21,22)/t13-/m0/s1. The molecule has 2 heterocycles. The Morgan fingerprint density at radius 1 is 1.32 bits per heavy atom. The maximum absolute atomic E-state index is 12.9. The fraction of sp³-hybridized carbons (Fsp3) is 0.789. The van der Waals surface area contributed by atoms with Crippen molar-refractivity contribution in [3.05, 3.63) is 11.8 Å². The van der Waals surface area contributed by atoms with Crippen LogP contribution in [0.5, 0.6) is 0 Å². The van der Waals surface area contributed by atoms with Crippen molar-refractivity contribution >= 4 is 21.6 Å². The van der Waals surface area contributed by atoms with Gasteiger partial charge in [-0.1, -0.05) is 19.0 Å². The molecule has 160 valence electrons. The number of nitrogens with zero attached hydrogens (tertiary/aromatic N) is 1. The number of carbonyl (C=O) groups is 1. The Labute approximate surface area is 167 Å². The molecule has 1 saturated heterocycles. The zero-order chi connectivity index (χ0) is 21.2. The number of aromatic nitrogens is 1. The Hall–Kier alpha value is -1.45. The maximum Gasteiger partial charge on any atom is 0.246 e. The number of rotatable bonds is 8. The lowest BCUT2D eigenvalue weighted by Crippen LogP contribution is -2.47. The Morgan fingerprint density at radius 2 is 1.93 bits per heavy atom. The first-order chi connectivity index (χ1) is 12.9. The molecule has 0 saturated carbocycles. The average Bonchev–Trinajstić information content (AvgIpc) is 3.10. The van der Waals surface area contributed by atoms with Crippen molar-refractivity contribution in [1.82, 2.24) is 5.16 Å². The van der Waals surface area contributed by atoms with Gasteiger partial charge in [-0.3, -0.25) is 4.79 Å². The van der Waals surface area contributed by atoms with Crippen molar-refractivity contribution in [3.63, 3.8) is 0 Å². The maximum atomic E-state index is 12.9. The lowest BCUT2D eigenvalue weighted by Gasteiger charge is -2.28. The van der Waals surface area contributed by atoms with E-state index in [0.29, 0.717) is 31.8 Å². The molecule has 1 aliphatic rings. The first-order valence-electron chi connectivity index (χ1n) is 9.53. The number of methoxy groups -OCH3 is 1. The summed E-state index contributed by atoms with van der Waals surface area (Å²) >= 11 is 0. The monoisotopic (exact) mass is 416 g/mol. The molecule has 1 amide bonds. The van der Waals surface area contributed by atoms with Gasteiger partial charge in [-0.2, -0.15) is 0 Å². The smallest absolute Gasteiger partial charge is 0.246 e. The predicted molar refractivity (Wildman–Crippen MR) is 106 cm³/mol. The number of amides is 1. The molecule has 28 heavy (non-hydrogen) atoms. The lowest BCUT2D eigenvalue weighted by molar-refractivity contribution is -0.117. The van der Waals surface area contributed by atoms with Crippen molar-refractivity contribution in [2.75, 3.05) is 31.4 Å². The van der Waals surface area contributed by atoms with Crippen molar-refractivity contribution in [2.45, 2.75) is 63.7 Å². The highest BCUT2D eigenvalue weighted by atomic mass is 32.2. The number of hydrogen-bond acceptors (Lipinski definition) is 7. The largest absolute Gasteiger partial charge is 0.381 e. The summed E-state index contributed by atoms with van der Waals surface area (Å²) in [6.45, 7) is 9.76. The van der Waals surface area contributed by atoms with Gasteiger partial charge in [-0.15, -0.1) is 0 Å². The van der Waals surface area contributed by atoms with E-state index in [4.69, 9.17) is 14.0 Å². The summed E-state index contributed by atoms with van der Waals surface area (Å²) in [5.41, 5.74) is -0.463. The zero-order valence-electron chi connectivity index (χ0n) is 17.6. The van der Waals surface area contributed by atoms with Gasteiger partial charge in [0.2, 0.25) is 5.91 Å². The molecular weight excluding hydrogens is 384 g/mol. The first kappa shape index (κ1) is 22.8. The van der Waals surface area contributed by atoms with Gasteiger partial charge >= 0.3 is 0 Å². The van der Waals surface area contributed by atoms with Gasteiger partial charge in [0.15, 0.2) is 15.7 Å². The van der Waals surface area contributed by atoms with Gasteiger partial charge in [0.05, 0.1) is 17.3 Å². The molecule has 0 unspecified atom stereocenters. The summed E-state index contributed by atoms with van der Waals surface area (Å²) in [6.07, 6.45) is 1.24. The molecule has 0 aromatic carbocycles. The number of nitrogens with one attached hydrogen (secondary N) is 1. The third kappa shape index (κ3) is 4.75. The lowest BCUT2D eigenvalue weighted by atomic mass is 9.84. The summed E-state index contributed by atoms with van der Waals surface area (Å²) in [4.78, 5) is 12.8. The second kappa shape index (κ2) is 8.51. The minimum absolute atomic E-state index is 0.0146. The molecule has 0 bridgehead atoms. The third-order valence-corrected chi connectivity index (χ3v) is 8.53. The van der Waals surface area contributed by atoms with Crippen LogP contribution in [0, 0.1) is 5.92 Å². The van der Waals surface area contributed by atoms with Crippen molar-refractivity contribution in [1.29, 1.82) is 0 Å². The van der Waals surface area contributed by atoms with E-state index >= 15 is 0 Å². The van der Waals surface area contributed by atoms with Crippen molar-refractivity contribution in [3.8, 4) is 0 Å². The van der Waals surface area contributed by atoms with Gasteiger partial charge in [-0.05, 0) is 39.5 Å². The Balaban J connectivity index is 2.10. The van der Waals surface area contributed by atoms with Gasteiger partial charge in [-0.25, -0.2) is 8.42 Å². The average molecular weight is 417 g/mol. The van der Waals surface area contributed by atoms with Crippen molar-refractivity contribution in [2.24, 2.45) is 5.92 Å². The topological polar surface area (TPSA) is 108 Å². The molecule has 1 fully saturated rings. The molecule has 1 aliphatic heterocycles. The predicted octanol–water partition coefficient (Wildman–Crippen LogP) is 2.55. The minimum Gasteiger partial charge on any atom is -0.381 e. The fourth-order valence-electron chi connectivity index (χ4n) is 2.97. The highest BCUT2D eigenvalue weighted by Gasteiger charge is 2.43. The van der Waals surface area contributed by atoms with E-state index in [9.17, 15) is 13.2 Å². The zero-order valence-corrected chi connectivity index (χ0v) is 18.4. The van der Waals surface area contributed by atoms with E-state index in [2.05, 4.69) is 10.5 Å². The highest BCUT2D eigenvalue weighted by molar-refractivity contribution is 7.93. The van der Waals surface area contributed by atoms with E-state index < -0.39 is 25.9 Å². The SMILES string of the molecule is CO[C@@H](C)C(C)(C)c1cc(NC(=O)C(C)(C)S(=O)(=O)CC2CCOCC2)no1. The van der Waals surface area contributed by atoms with Crippen LogP contribution in [-0.4, -0.2) is 56.4 Å². The van der Waals surface area contributed by atoms with Crippen LogP contribution in [0.2, 0.25) is 0 Å². The van der Waals surface area contributed by atoms with Crippen LogP contribution in [0.1, 0.15) is 53.2 Å². The summed E-state index contributed by atoms with van der Waals surface area (Å²) in [5, 5.41) is 6.46. The van der Waals surface area contributed by atoms with Crippen LogP contribution in [0.4, 0.5) is 5.82 Å². The molecule has 8 nitrogen and oxygen atoms in total. The van der Waals surface area contributed by atoms with Gasteiger partial charge in [0.25, 0.3) is 0 Å². The first-order valence-corrected chi connectivity index (χ1v) is 11.2. The third-order valence-electron chi connectivity index (χ3n) is 5.88. The van der Waals surface area contributed by atoms with E-state index in [-0.39, 0.29) is 23.6 Å². The molecule has 0 spiro atoms. The summed E-state index contributed by atoms with van der Waals surface area (Å²) < 4.78 is 40.2. The van der Waals surface area contributed by atoms with E-state index in [0.717, 1.165) is 0 Å². The molecule has 9 heteroatoms. The van der Waals surface area contributed by atoms with Crippen LogP contribution >= 0.6 is 0 Å². The minimum atomic E-state index is -3.66. The van der Waals surface area contributed by atoms with Gasteiger partial charge in [0.1, 0.15) is 10.5 Å². The Morgan fingerprint density at radius 3 is 2.50 bits per heavy atom. The molecule has 0 radical (unpaired) electrons. The molecule has 0 aliphatic carbocycles. The molecule has 1 atom stereocenters. The quantitative estimate of drug-likeness (QED) is 0.694. The number of anilines is 1. The summed E-state index contributed by atoms with van der Waals surface area (Å²) in [7, 11) is -2.06. The fourth-order valence-corrected chi connectivity index (χ4v) is 4.68. The van der Waals surface area contributed by atoms with E-state index in [1.807, 2.05) is 20.8 Å². The van der Waals surface area contributed by atoms with E-state index in [1.165, 1.54) is 13.8 Å². The van der Waals surface area contributed by atoms with Gasteiger partial charge in [0, 0.05) is 26.4 Å². The number of hydrogen-bond donors (Lipinski definition) is 1. The summed E-state index contributed by atoms with van der Waals surface area (Å²) in [5.74, 6) is 0.0859. The Kier molecular flexibility index (Phi) is 6.94. The molecular formula is C19H32N2O6S. The van der Waals surface area contributed by atoms with Crippen LogP contribution in [0.3, 0.4) is 0 Å². The molecule has 1 aromatic heterocycles. The molecule has 2 rings (SSSR count). The summed E-state index contributed by atoms with van der Waals surface area (Å²) in [6, 6.07) is 1.61. The van der Waals surface area contributed by atoms with Crippen LogP contribution in [0.25, 0.3) is 0 Å². The van der Waals surface area contributed by atoms with Crippen LogP contribution < -0.4 is 5.32 Å². The second-order valence-corrected chi connectivity index (χ2v) is 11.1. The highest BCUT2D eigenvalue weighted by Crippen LogP contribution is 2.31. The van der Waals surface area contributed by atoms with Gasteiger partial charge < -0.3 is 19.3 Å². The van der Waals surface area contributed by atoms with E-state index in [1.54, 1.807) is 13.2 Å². The number of sulfone groups is 1. The van der Waals surface area contributed by atoms with Crippen LogP contribution in [0.15, 0.2) is 10.6 Å². The molecule has 1 aromatic rings. The number of carbonyl (C=O) groups excluding carboxylic acids is 1.